The normalized spacial score (nSPS) is 25.7. The summed E-state index contributed by atoms with van der Waals surface area (Å²) in [6.45, 7) is 9.14. The van der Waals surface area contributed by atoms with Crippen molar-refractivity contribution in [3.8, 4) is 0 Å². The molecule has 1 rings (SSSR count). The van der Waals surface area contributed by atoms with Crippen LogP contribution in [0, 0.1) is 23.7 Å². The van der Waals surface area contributed by atoms with Gasteiger partial charge >= 0.3 is 12.1 Å². The zero-order chi connectivity index (χ0) is 23.2. The molecule has 0 spiro atoms. The first-order valence-electron chi connectivity index (χ1n) is 11.4. The fourth-order valence-electron chi connectivity index (χ4n) is 3.54. The number of carbonyl (C=O) groups excluding carboxylic acids is 3. The largest absolute Gasteiger partial charge is 0.467 e. The Kier molecular flexibility index (Phi) is 12.6. The van der Waals surface area contributed by atoms with Crippen molar-refractivity contribution in [1.29, 1.82) is 0 Å². The molecule has 1 aliphatic rings. The molecule has 0 unspecified atom stereocenters. The minimum Gasteiger partial charge on any atom is -0.467 e. The lowest BCUT2D eigenvalue weighted by Crippen LogP contribution is -2.45. The van der Waals surface area contributed by atoms with Crippen LogP contribution >= 0.6 is 0 Å². The van der Waals surface area contributed by atoms with Gasteiger partial charge in [0, 0.05) is 12.5 Å². The summed E-state index contributed by atoms with van der Waals surface area (Å²) >= 11 is 0. The van der Waals surface area contributed by atoms with Crippen LogP contribution in [0.5, 0.6) is 0 Å². The monoisotopic (exact) mass is 436 g/mol. The number of alkyl carbamates (subject to hydrolysis) is 1. The number of allylic oxidation sites excluding steroid dienone is 2. The van der Waals surface area contributed by atoms with Gasteiger partial charge in [-0.25, -0.2) is 9.59 Å². The highest BCUT2D eigenvalue weighted by Crippen LogP contribution is 2.28. The Bertz CT molecular complexity index is 627. The van der Waals surface area contributed by atoms with Crippen LogP contribution in [0.2, 0.25) is 0 Å². The molecule has 1 aliphatic heterocycles. The van der Waals surface area contributed by atoms with E-state index in [0.29, 0.717) is 31.4 Å². The second kappa shape index (κ2) is 14.7. The molecule has 3 atom stereocenters. The Hall–Kier alpha value is -2.31. The lowest BCUT2D eigenvalue weighted by Gasteiger charge is -2.27. The van der Waals surface area contributed by atoms with Crippen molar-refractivity contribution >= 4 is 18.0 Å². The third kappa shape index (κ3) is 11.0. The lowest BCUT2D eigenvalue weighted by atomic mass is 9.81. The third-order valence-corrected chi connectivity index (χ3v) is 5.15. The second-order valence-corrected chi connectivity index (χ2v) is 8.81. The van der Waals surface area contributed by atoms with E-state index in [4.69, 9.17) is 9.47 Å². The Labute approximate surface area is 187 Å². The van der Waals surface area contributed by atoms with Crippen LogP contribution in [0.4, 0.5) is 4.79 Å². The highest BCUT2D eigenvalue weighted by molar-refractivity contribution is 5.87. The van der Waals surface area contributed by atoms with Gasteiger partial charge in [-0.1, -0.05) is 52.0 Å². The molecule has 0 saturated heterocycles. The predicted molar refractivity (Wildman–Crippen MR) is 121 cm³/mol. The summed E-state index contributed by atoms with van der Waals surface area (Å²) in [5.74, 6) is -0.169. The number of carbonyl (C=O) groups is 3. The summed E-state index contributed by atoms with van der Waals surface area (Å²) in [6, 6.07) is -0.859. The molecule has 0 bridgehead atoms. The molecule has 0 aliphatic carbocycles. The SMILES string of the molecule is COC(=O)[C@@H]1/C=C/CCNC(=O)OCCCC[C@H](/C=C/C(C)C)[C@@H](CC(C)C)C(=O)N1. The van der Waals surface area contributed by atoms with E-state index in [0.717, 1.165) is 25.7 Å². The summed E-state index contributed by atoms with van der Waals surface area (Å²) in [6.07, 6.45) is 10.8. The van der Waals surface area contributed by atoms with Crippen LogP contribution in [0.1, 0.15) is 59.8 Å². The van der Waals surface area contributed by atoms with E-state index in [1.165, 1.54) is 7.11 Å². The highest BCUT2D eigenvalue weighted by atomic mass is 16.5. The van der Waals surface area contributed by atoms with Crippen LogP contribution in [-0.2, 0) is 19.1 Å². The fraction of sp³-hybridized carbons (Fsp3) is 0.708. The smallest absolute Gasteiger partial charge is 0.407 e. The quantitative estimate of drug-likeness (QED) is 0.502. The molecule has 0 radical (unpaired) electrons. The molecule has 7 nitrogen and oxygen atoms in total. The van der Waals surface area contributed by atoms with E-state index in [1.54, 1.807) is 12.2 Å². The van der Waals surface area contributed by atoms with Gasteiger partial charge in [-0.05, 0) is 49.9 Å². The zero-order valence-corrected chi connectivity index (χ0v) is 19.7. The van der Waals surface area contributed by atoms with Crippen molar-refractivity contribution in [2.45, 2.75) is 65.8 Å². The Balaban J connectivity index is 3.17. The van der Waals surface area contributed by atoms with Gasteiger partial charge in [0.05, 0.1) is 13.7 Å². The first-order chi connectivity index (χ1) is 14.7. The predicted octanol–water partition coefficient (Wildman–Crippen LogP) is 3.99. The van der Waals surface area contributed by atoms with Crippen molar-refractivity contribution in [2.24, 2.45) is 23.7 Å². The zero-order valence-electron chi connectivity index (χ0n) is 19.7. The minimum atomic E-state index is -0.859. The average Bonchev–Trinajstić information content (AvgIpc) is 2.71. The molecule has 31 heavy (non-hydrogen) atoms. The number of ether oxygens (including phenoxy) is 2. The topological polar surface area (TPSA) is 93.7 Å². The molecule has 2 N–H and O–H groups in total. The highest BCUT2D eigenvalue weighted by Gasteiger charge is 2.30. The van der Waals surface area contributed by atoms with E-state index in [-0.39, 0.29) is 17.7 Å². The van der Waals surface area contributed by atoms with Gasteiger partial charge in [0.25, 0.3) is 0 Å². The number of hydrogen-bond acceptors (Lipinski definition) is 5. The number of esters is 1. The molecular formula is C24H40N2O5. The maximum Gasteiger partial charge on any atom is 0.407 e. The summed E-state index contributed by atoms with van der Waals surface area (Å²) in [5.41, 5.74) is 0. The summed E-state index contributed by atoms with van der Waals surface area (Å²) in [5, 5.41) is 5.56. The van der Waals surface area contributed by atoms with Gasteiger partial charge in [0.2, 0.25) is 5.91 Å². The molecule has 0 aromatic carbocycles. The molecule has 0 aromatic rings. The van der Waals surface area contributed by atoms with E-state index < -0.39 is 18.1 Å². The Morgan fingerprint density at radius 1 is 1.26 bits per heavy atom. The number of cyclic esters (lactones) is 1. The molecule has 7 heteroatoms. The van der Waals surface area contributed by atoms with E-state index in [2.05, 4.69) is 50.5 Å². The van der Waals surface area contributed by atoms with Gasteiger partial charge in [-0.2, -0.15) is 0 Å². The first kappa shape index (κ1) is 26.7. The minimum absolute atomic E-state index is 0.0359. The number of methoxy groups -OCH3 is 1. The maximum absolute atomic E-state index is 13.3. The second-order valence-electron chi connectivity index (χ2n) is 8.81. The van der Waals surface area contributed by atoms with Crippen LogP contribution in [-0.4, -0.2) is 44.3 Å². The number of hydrogen-bond donors (Lipinski definition) is 2. The Morgan fingerprint density at radius 2 is 2.00 bits per heavy atom. The average molecular weight is 437 g/mol. The number of rotatable bonds is 5. The molecule has 2 amide bonds. The molecular weight excluding hydrogens is 396 g/mol. The van der Waals surface area contributed by atoms with Crippen molar-refractivity contribution in [1.82, 2.24) is 10.6 Å². The van der Waals surface area contributed by atoms with Gasteiger partial charge in [0.1, 0.15) is 6.04 Å². The van der Waals surface area contributed by atoms with Crippen LogP contribution in [0.3, 0.4) is 0 Å². The summed E-state index contributed by atoms with van der Waals surface area (Å²) in [4.78, 5) is 37.3. The van der Waals surface area contributed by atoms with Crippen molar-refractivity contribution in [2.75, 3.05) is 20.3 Å². The van der Waals surface area contributed by atoms with Crippen LogP contribution in [0.25, 0.3) is 0 Å². The van der Waals surface area contributed by atoms with Crippen molar-refractivity contribution in [3.63, 3.8) is 0 Å². The molecule has 1 heterocycles. The van der Waals surface area contributed by atoms with Gasteiger partial charge in [-0.15, -0.1) is 0 Å². The third-order valence-electron chi connectivity index (χ3n) is 5.15. The molecule has 0 fully saturated rings. The van der Waals surface area contributed by atoms with Crippen LogP contribution in [0.15, 0.2) is 24.3 Å². The van der Waals surface area contributed by atoms with Crippen molar-refractivity contribution < 1.29 is 23.9 Å². The maximum atomic E-state index is 13.3. The van der Waals surface area contributed by atoms with Gasteiger partial charge < -0.3 is 20.1 Å². The van der Waals surface area contributed by atoms with Gasteiger partial charge in [0.15, 0.2) is 0 Å². The Morgan fingerprint density at radius 3 is 2.65 bits per heavy atom. The number of amides is 2. The van der Waals surface area contributed by atoms with Crippen LogP contribution < -0.4 is 10.6 Å². The molecule has 0 aromatic heterocycles. The van der Waals surface area contributed by atoms with Gasteiger partial charge in [-0.3, -0.25) is 4.79 Å². The fourth-order valence-corrected chi connectivity index (χ4v) is 3.54. The molecule has 0 saturated carbocycles. The standard InChI is InChI=1S/C24H40N2O5/c1-17(2)12-13-19-10-7-9-15-31-24(29)25-14-8-6-11-21(23(28)30-5)26-22(27)20(19)16-18(3)4/h6,11-13,17-21H,7-10,14-16H2,1-5H3,(H,25,29)(H,26,27)/b11-6+,13-12+/t19-,20-,21+/m1/s1. The number of nitrogens with one attached hydrogen (secondary N) is 2. The van der Waals surface area contributed by atoms with E-state index >= 15 is 0 Å². The molecule has 176 valence electrons. The lowest BCUT2D eigenvalue weighted by molar-refractivity contribution is -0.144. The summed E-state index contributed by atoms with van der Waals surface area (Å²) in [7, 11) is 1.30. The van der Waals surface area contributed by atoms with E-state index in [9.17, 15) is 14.4 Å². The summed E-state index contributed by atoms with van der Waals surface area (Å²) < 4.78 is 10.1. The van der Waals surface area contributed by atoms with E-state index in [1.807, 2.05) is 0 Å². The van der Waals surface area contributed by atoms with Crippen molar-refractivity contribution in [3.05, 3.63) is 24.3 Å². The first-order valence-corrected chi connectivity index (χ1v) is 11.4.